The van der Waals surface area contributed by atoms with Gasteiger partial charge in [0.25, 0.3) is 5.95 Å². The summed E-state index contributed by atoms with van der Waals surface area (Å²) < 4.78 is 16.3. The summed E-state index contributed by atoms with van der Waals surface area (Å²) >= 11 is 0. The van der Waals surface area contributed by atoms with Gasteiger partial charge in [-0.25, -0.2) is 4.98 Å². The number of para-hydroxylation sites is 1. The Balaban J connectivity index is 1.62. The molecule has 0 unspecified atom stereocenters. The molecule has 1 aromatic carbocycles. The number of hydrogen-bond acceptors (Lipinski definition) is 5. The number of pyridine rings is 1. The van der Waals surface area contributed by atoms with E-state index in [1.165, 1.54) is 6.07 Å². The number of rotatable bonds is 5. The summed E-state index contributed by atoms with van der Waals surface area (Å²) in [5, 5.41) is 0.537. The minimum atomic E-state index is -0.127. The molecule has 5 nitrogen and oxygen atoms in total. The SMILES string of the molecule is O=c1cc(OCCOc2ccccn2)oc2ccccc12. The Labute approximate surface area is 120 Å². The smallest absolute Gasteiger partial charge is 0.288 e. The van der Waals surface area contributed by atoms with Gasteiger partial charge in [0.1, 0.15) is 18.8 Å². The molecule has 3 rings (SSSR count). The fourth-order valence-corrected chi connectivity index (χ4v) is 1.87. The molecule has 0 aliphatic carbocycles. The van der Waals surface area contributed by atoms with Crippen LogP contribution in [0.4, 0.5) is 0 Å². The summed E-state index contributed by atoms with van der Waals surface area (Å²) in [6, 6.07) is 13.8. The van der Waals surface area contributed by atoms with Crippen molar-refractivity contribution < 1.29 is 13.9 Å². The zero-order valence-corrected chi connectivity index (χ0v) is 11.2. The van der Waals surface area contributed by atoms with Crippen LogP contribution in [0.5, 0.6) is 11.8 Å². The van der Waals surface area contributed by atoms with Gasteiger partial charge in [0, 0.05) is 12.3 Å². The highest BCUT2D eigenvalue weighted by molar-refractivity contribution is 5.76. The Kier molecular flexibility index (Phi) is 3.82. The lowest BCUT2D eigenvalue weighted by Gasteiger charge is -2.07. The first-order chi connectivity index (χ1) is 10.3. The fourth-order valence-electron chi connectivity index (χ4n) is 1.87. The van der Waals surface area contributed by atoms with Crippen molar-refractivity contribution in [2.75, 3.05) is 13.2 Å². The third-order valence-corrected chi connectivity index (χ3v) is 2.83. The standard InChI is InChI=1S/C16H13NO4/c18-13-11-16(21-14-6-2-1-5-12(13)14)20-10-9-19-15-7-3-4-8-17-15/h1-8,11H,9-10H2. The molecule has 0 N–H and O–H groups in total. The van der Waals surface area contributed by atoms with Crippen LogP contribution in [0.3, 0.4) is 0 Å². The number of nitrogens with zero attached hydrogens (tertiary/aromatic N) is 1. The molecule has 0 aliphatic rings. The number of aromatic nitrogens is 1. The maximum atomic E-state index is 11.9. The number of ether oxygens (including phenoxy) is 2. The van der Waals surface area contributed by atoms with Gasteiger partial charge >= 0.3 is 0 Å². The topological polar surface area (TPSA) is 61.6 Å². The Morgan fingerprint density at radius 1 is 1.00 bits per heavy atom. The van der Waals surface area contributed by atoms with Crippen molar-refractivity contribution >= 4 is 11.0 Å². The van der Waals surface area contributed by atoms with Crippen LogP contribution in [0.2, 0.25) is 0 Å². The number of hydrogen-bond donors (Lipinski definition) is 0. The highest BCUT2D eigenvalue weighted by Gasteiger charge is 2.04. The van der Waals surface area contributed by atoms with Gasteiger partial charge in [0.2, 0.25) is 5.88 Å². The number of fused-ring (bicyclic) bond motifs is 1. The summed E-state index contributed by atoms with van der Waals surface area (Å²) in [5.41, 5.74) is 0.378. The highest BCUT2D eigenvalue weighted by Crippen LogP contribution is 2.16. The first-order valence-corrected chi connectivity index (χ1v) is 6.52. The second-order valence-electron chi connectivity index (χ2n) is 4.29. The van der Waals surface area contributed by atoms with Crippen LogP contribution in [0.1, 0.15) is 0 Å². The lowest BCUT2D eigenvalue weighted by molar-refractivity contribution is 0.181. The van der Waals surface area contributed by atoms with Crippen LogP contribution >= 0.6 is 0 Å². The zero-order chi connectivity index (χ0) is 14.5. The molecule has 0 spiro atoms. The summed E-state index contributed by atoms with van der Waals surface area (Å²) in [5.74, 6) is 0.712. The van der Waals surface area contributed by atoms with Gasteiger partial charge in [0.05, 0.1) is 11.5 Å². The van der Waals surface area contributed by atoms with Gasteiger partial charge in [0.15, 0.2) is 5.43 Å². The molecule has 106 valence electrons. The Morgan fingerprint density at radius 2 is 1.81 bits per heavy atom. The maximum Gasteiger partial charge on any atom is 0.288 e. The second-order valence-corrected chi connectivity index (χ2v) is 4.29. The van der Waals surface area contributed by atoms with Gasteiger partial charge < -0.3 is 13.9 Å². The number of benzene rings is 1. The van der Waals surface area contributed by atoms with E-state index in [0.717, 1.165) is 0 Å². The van der Waals surface area contributed by atoms with Crippen LogP contribution in [-0.2, 0) is 0 Å². The molecule has 0 fully saturated rings. The molecular weight excluding hydrogens is 270 g/mol. The molecule has 0 atom stereocenters. The van der Waals surface area contributed by atoms with E-state index in [-0.39, 0.29) is 18.0 Å². The van der Waals surface area contributed by atoms with Crippen molar-refractivity contribution in [3.8, 4) is 11.8 Å². The van der Waals surface area contributed by atoms with Crippen molar-refractivity contribution in [3.63, 3.8) is 0 Å². The van der Waals surface area contributed by atoms with Crippen LogP contribution in [0, 0.1) is 0 Å². The predicted octanol–water partition coefficient (Wildman–Crippen LogP) is 2.65. The van der Waals surface area contributed by atoms with E-state index in [1.807, 2.05) is 12.1 Å². The monoisotopic (exact) mass is 283 g/mol. The Bertz CT molecular complexity index is 783. The minimum absolute atomic E-state index is 0.127. The lowest BCUT2D eigenvalue weighted by atomic mass is 10.2. The summed E-state index contributed by atoms with van der Waals surface area (Å²) in [7, 11) is 0. The highest BCUT2D eigenvalue weighted by atomic mass is 16.6. The summed E-state index contributed by atoms with van der Waals surface area (Å²) in [4.78, 5) is 15.9. The minimum Gasteiger partial charge on any atom is -0.474 e. The van der Waals surface area contributed by atoms with Crippen LogP contribution in [0.25, 0.3) is 11.0 Å². The fraction of sp³-hybridized carbons (Fsp3) is 0.125. The molecule has 0 saturated carbocycles. The van der Waals surface area contributed by atoms with E-state index in [1.54, 1.807) is 36.5 Å². The van der Waals surface area contributed by atoms with E-state index in [9.17, 15) is 4.79 Å². The van der Waals surface area contributed by atoms with Crippen LogP contribution in [-0.4, -0.2) is 18.2 Å². The van der Waals surface area contributed by atoms with Gasteiger partial charge in [-0.05, 0) is 18.2 Å². The Hall–Kier alpha value is -2.82. The molecule has 2 aromatic heterocycles. The molecule has 0 aliphatic heterocycles. The van der Waals surface area contributed by atoms with Gasteiger partial charge in [-0.1, -0.05) is 18.2 Å². The third kappa shape index (κ3) is 3.20. The third-order valence-electron chi connectivity index (χ3n) is 2.83. The molecule has 21 heavy (non-hydrogen) atoms. The largest absolute Gasteiger partial charge is 0.474 e. The first-order valence-electron chi connectivity index (χ1n) is 6.52. The van der Waals surface area contributed by atoms with E-state index >= 15 is 0 Å². The lowest BCUT2D eigenvalue weighted by Crippen LogP contribution is -2.11. The van der Waals surface area contributed by atoms with Crippen molar-refractivity contribution in [3.05, 3.63) is 65.0 Å². The van der Waals surface area contributed by atoms with Crippen LogP contribution < -0.4 is 14.9 Å². The molecule has 0 radical (unpaired) electrons. The predicted molar refractivity (Wildman–Crippen MR) is 77.7 cm³/mol. The van der Waals surface area contributed by atoms with E-state index in [4.69, 9.17) is 13.9 Å². The molecule has 0 amide bonds. The molecule has 5 heteroatoms. The normalized spacial score (nSPS) is 10.5. The quantitative estimate of drug-likeness (QED) is 0.674. The Morgan fingerprint density at radius 3 is 2.67 bits per heavy atom. The molecule has 3 aromatic rings. The average Bonchev–Trinajstić information content (AvgIpc) is 2.53. The maximum absolute atomic E-state index is 11.9. The van der Waals surface area contributed by atoms with Crippen molar-refractivity contribution in [2.24, 2.45) is 0 Å². The molecule has 2 heterocycles. The zero-order valence-electron chi connectivity index (χ0n) is 11.2. The van der Waals surface area contributed by atoms with Gasteiger partial charge in [-0.15, -0.1) is 0 Å². The molecule has 0 saturated heterocycles. The van der Waals surface area contributed by atoms with E-state index in [0.29, 0.717) is 23.5 Å². The van der Waals surface area contributed by atoms with Crippen molar-refractivity contribution in [1.82, 2.24) is 4.98 Å². The van der Waals surface area contributed by atoms with Crippen LogP contribution in [0.15, 0.2) is 63.9 Å². The van der Waals surface area contributed by atoms with Gasteiger partial charge in [-0.3, -0.25) is 4.79 Å². The first kappa shape index (κ1) is 13.2. The van der Waals surface area contributed by atoms with Crippen molar-refractivity contribution in [2.45, 2.75) is 0 Å². The summed E-state index contributed by atoms with van der Waals surface area (Å²) in [6.45, 7) is 0.575. The average molecular weight is 283 g/mol. The van der Waals surface area contributed by atoms with Gasteiger partial charge in [-0.2, -0.15) is 0 Å². The second kappa shape index (κ2) is 6.09. The molecular formula is C16H13NO4. The van der Waals surface area contributed by atoms with E-state index < -0.39 is 0 Å². The molecule has 0 bridgehead atoms. The van der Waals surface area contributed by atoms with Crippen molar-refractivity contribution in [1.29, 1.82) is 0 Å². The van der Waals surface area contributed by atoms with E-state index in [2.05, 4.69) is 4.98 Å². The summed E-state index contributed by atoms with van der Waals surface area (Å²) in [6.07, 6.45) is 1.65.